The highest BCUT2D eigenvalue weighted by Crippen LogP contribution is 2.19. The molecule has 3 aromatic rings. The van der Waals surface area contributed by atoms with Crippen molar-refractivity contribution in [1.29, 1.82) is 0 Å². The Kier molecular flexibility index (Phi) is 5.92. The van der Waals surface area contributed by atoms with Crippen LogP contribution in [0.2, 0.25) is 0 Å². The summed E-state index contributed by atoms with van der Waals surface area (Å²) in [6.45, 7) is -0.488. The second-order valence-corrected chi connectivity index (χ2v) is 8.28. The molecule has 8 nitrogen and oxygen atoms in total. The summed E-state index contributed by atoms with van der Waals surface area (Å²) in [4.78, 5) is 18.1. The third kappa shape index (κ3) is 5.17. The largest absolute Gasteiger partial charge is 0.337 e. The molecule has 10 heteroatoms. The van der Waals surface area contributed by atoms with Gasteiger partial charge in [-0.05, 0) is 18.2 Å². The van der Waals surface area contributed by atoms with Gasteiger partial charge < -0.3 is 9.42 Å². The lowest BCUT2D eigenvalue weighted by molar-refractivity contribution is -0.129. The summed E-state index contributed by atoms with van der Waals surface area (Å²) in [5.41, 5.74) is 0.837. The zero-order chi connectivity index (χ0) is 21.0. The molecular formula is C19H19FN4O4S. The van der Waals surface area contributed by atoms with Gasteiger partial charge in [-0.2, -0.15) is 4.98 Å². The molecule has 0 N–H and O–H groups in total. The fourth-order valence-corrected chi connectivity index (χ4v) is 3.43. The minimum atomic E-state index is -3.80. The summed E-state index contributed by atoms with van der Waals surface area (Å²) >= 11 is 0. The number of nitrogens with zero attached hydrogens (tertiary/aromatic N) is 4. The molecule has 0 bridgehead atoms. The third-order valence-electron chi connectivity index (χ3n) is 4.07. The molecule has 0 aliphatic carbocycles. The highest BCUT2D eigenvalue weighted by molar-refractivity contribution is 7.92. The minimum absolute atomic E-state index is 0.000576. The number of halogens is 1. The van der Waals surface area contributed by atoms with Gasteiger partial charge in [-0.1, -0.05) is 41.6 Å². The van der Waals surface area contributed by atoms with Gasteiger partial charge in [0.25, 0.3) is 0 Å². The summed E-state index contributed by atoms with van der Waals surface area (Å²) in [6, 6.07) is 14.2. The lowest BCUT2D eigenvalue weighted by Gasteiger charge is -2.24. The number of carbonyl (C=O) groups excluding carboxylic acids is 1. The van der Waals surface area contributed by atoms with Crippen molar-refractivity contribution in [3.8, 4) is 11.4 Å². The summed E-state index contributed by atoms with van der Waals surface area (Å²) < 4.78 is 43.7. The number of rotatable bonds is 7. The van der Waals surface area contributed by atoms with Crippen LogP contribution in [0.3, 0.4) is 0 Å². The minimum Gasteiger partial charge on any atom is -0.337 e. The number of carbonyl (C=O) groups is 1. The van der Waals surface area contributed by atoms with Crippen LogP contribution in [0.5, 0.6) is 0 Å². The Bertz CT molecular complexity index is 1100. The van der Waals surface area contributed by atoms with Crippen LogP contribution in [0.25, 0.3) is 11.4 Å². The van der Waals surface area contributed by atoms with Crippen LogP contribution in [-0.4, -0.2) is 49.2 Å². The topological polar surface area (TPSA) is 96.6 Å². The van der Waals surface area contributed by atoms with Crippen molar-refractivity contribution < 1.29 is 22.1 Å². The quantitative estimate of drug-likeness (QED) is 0.584. The van der Waals surface area contributed by atoms with E-state index in [4.69, 9.17) is 4.52 Å². The fraction of sp³-hybridized carbons (Fsp3) is 0.211. The molecule has 0 aliphatic heterocycles. The molecule has 0 saturated carbocycles. The molecule has 152 valence electrons. The van der Waals surface area contributed by atoms with E-state index in [0.717, 1.165) is 22.2 Å². The van der Waals surface area contributed by atoms with Crippen molar-refractivity contribution in [1.82, 2.24) is 15.0 Å². The molecule has 1 heterocycles. The van der Waals surface area contributed by atoms with E-state index in [9.17, 15) is 17.6 Å². The highest BCUT2D eigenvalue weighted by atomic mass is 32.2. The average Bonchev–Trinajstić information content (AvgIpc) is 3.14. The van der Waals surface area contributed by atoms with Crippen molar-refractivity contribution in [2.75, 3.05) is 24.2 Å². The standard InChI is InChI=1S/C19H19FN4O4S/c1-23(12-17-21-19(22-28-17)14-7-4-3-5-8-14)18(25)13-24(29(2,26)27)16-10-6-9-15(20)11-16/h3-11H,12-13H2,1-2H3. The number of hydrogen-bond donors (Lipinski definition) is 0. The first-order chi connectivity index (χ1) is 13.7. The first-order valence-electron chi connectivity index (χ1n) is 8.59. The molecule has 3 rings (SSSR count). The Morgan fingerprint density at radius 1 is 1.14 bits per heavy atom. The SMILES string of the molecule is CN(Cc1nc(-c2ccccc2)no1)C(=O)CN(c1cccc(F)c1)S(C)(=O)=O. The van der Waals surface area contributed by atoms with Gasteiger partial charge in [-0.3, -0.25) is 9.10 Å². The Morgan fingerprint density at radius 2 is 1.86 bits per heavy atom. The molecular weight excluding hydrogens is 399 g/mol. The molecule has 0 fully saturated rings. The van der Waals surface area contributed by atoms with Gasteiger partial charge in [-0.15, -0.1) is 0 Å². The predicted molar refractivity (Wildman–Crippen MR) is 105 cm³/mol. The molecule has 0 atom stereocenters. The van der Waals surface area contributed by atoms with E-state index in [1.54, 1.807) is 0 Å². The second-order valence-electron chi connectivity index (χ2n) is 6.38. The van der Waals surface area contributed by atoms with Gasteiger partial charge in [0.15, 0.2) is 0 Å². The maximum absolute atomic E-state index is 13.5. The van der Waals surface area contributed by atoms with Crippen molar-refractivity contribution in [2.45, 2.75) is 6.54 Å². The summed E-state index contributed by atoms with van der Waals surface area (Å²) in [5.74, 6) is -0.522. The van der Waals surface area contributed by atoms with Gasteiger partial charge in [0.2, 0.25) is 27.6 Å². The molecule has 29 heavy (non-hydrogen) atoms. The number of benzene rings is 2. The molecule has 0 unspecified atom stereocenters. The lowest BCUT2D eigenvalue weighted by atomic mass is 10.2. The third-order valence-corrected chi connectivity index (χ3v) is 5.21. The number of likely N-dealkylation sites (N-methyl/N-ethyl adjacent to an activating group) is 1. The molecule has 0 spiro atoms. The van der Waals surface area contributed by atoms with E-state index in [-0.39, 0.29) is 18.1 Å². The van der Waals surface area contributed by atoms with Crippen molar-refractivity contribution in [3.63, 3.8) is 0 Å². The maximum Gasteiger partial charge on any atom is 0.246 e. The summed E-state index contributed by atoms with van der Waals surface area (Å²) in [5, 5.41) is 3.88. The highest BCUT2D eigenvalue weighted by Gasteiger charge is 2.24. The molecule has 1 aromatic heterocycles. The molecule has 2 aromatic carbocycles. The zero-order valence-corrected chi connectivity index (χ0v) is 16.6. The molecule has 0 radical (unpaired) electrons. The van der Waals surface area contributed by atoms with E-state index >= 15 is 0 Å². The smallest absolute Gasteiger partial charge is 0.246 e. The Balaban J connectivity index is 1.71. The second kappa shape index (κ2) is 8.39. The first kappa shape index (κ1) is 20.5. The Labute approximate surface area is 167 Å². The van der Waals surface area contributed by atoms with Crippen molar-refractivity contribution in [2.24, 2.45) is 0 Å². The number of amides is 1. The van der Waals surface area contributed by atoms with Gasteiger partial charge in [0, 0.05) is 12.6 Å². The van der Waals surface area contributed by atoms with Crippen LogP contribution in [0, 0.1) is 5.82 Å². The van der Waals surface area contributed by atoms with E-state index in [1.165, 1.54) is 30.1 Å². The van der Waals surface area contributed by atoms with E-state index in [0.29, 0.717) is 5.82 Å². The predicted octanol–water partition coefficient (Wildman–Crippen LogP) is 2.30. The number of sulfonamides is 1. The van der Waals surface area contributed by atoms with Crippen LogP contribution >= 0.6 is 0 Å². The van der Waals surface area contributed by atoms with Crippen LogP contribution in [0.15, 0.2) is 59.1 Å². The summed E-state index contributed by atoms with van der Waals surface area (Å²) in [7, 11) is -2.31. The van der Waals surface area contributed by atoms with Gasteiger partial charge in [-0.25, -0.2) is 12.8 Å². The van der Waals surface area contributed by atoms with Crippen LogP contribution in [0.1, 0.15) is 5.89 Å². The zero-order valence-electron chi connectivity index (χ0n) is 15.8. The lowest BCUT2D eigenvalue weighted by Crippen LogP contribution is -2.41. The fourth-order valence-electron chi connectivity index (χ4n) is 2.59. The van der Waals surface area contributed by atoms with E-state index in [1.807, 2.05) is 30.3 Å². The molecule has 1 amide bonds. The monoisotopic (exact) mass is 418 g/mol. The van der Waals surface area contributed by atoms with E-state index in [2.05, 4.69) is 10.1 Å². The molecule has 0 aliphatic rings. The van der Waals surface area contributed by atoms with Crippen LogP contribution in [0.4, 0.5) is 10.1 Å². The Hall–Kier alpha value is -3.27. The first-order valence-corrected chi connectivity index (χ1v) is 10.4. The number of anilines is 1. The van der Waals surface area contributed by atoms with Crippen LogP contribution < -0.4 is 4.31 Å². The van der Waals surface area contributed by atoms with Gasteiger partial charge >= 0.3 is 0 Å². The number of aromatic nitrogens is 2. The van der Waals surface area contributed by atoms with Crippen LogP contribution in [-0.2, 0) is 21.4 Å². The normalized spacial score (nSPS) is 11.3. The van der Waals surface area contributed by atoms with Crippen molar-refractivity contribution >= 4 is 21.6 Å². The maximum atomic E-state index is 13.5. The molecule has 0 saturated heterocycles. The summed E-state index contributed by atoms with van der Waals surface area (Å²) in [6.07, 6.45) is 0.954. The van der Waals surface area contributed by atoms with Crippen molar-refractivity contribution in [3.05, 3.63) is 66.3 Å². The average molecular weight is 418 g/mol. The Morgan fingerprint density at radius 3 is 2.52 bits per heavy atom. The van der Waals surface area contributed by atoms with E-state index < -0.39 is 28.3 Å². The number of hydrogen-bond acceptors (Lipinski definition) is 6. The van der Waals surface area contributed by atoms with Gasteiger partial charge in [0.1, 0.15) is 12.4 Å². The van der Waals surface area contributed by atoms with Gasteiger partial charge in [0.05, 0.1) is 18.5 Å².